The molecular weight excluding hydrogens is 408 g/mol. The quantitative estimate of drug-likeness (QED) is 0.466. The van der Waals surface area contributed by atoms with Crippen molar-refractivity contribution >= 4 is 22.6 Å². The standard InChI is InChI=1S/C28H34N4O/c1-2-3-4-19-5-8-24(9-6-19)32-30-25-10-7-23(14-26(25)31-32)29-27(33)18-28-15-20-11-21(16-28)13-22(12-20)17-28/h5-10,14,20-22H,2-4,11-13,15-18H2,1H3,(H,29,33). The fourth-order valence-electron chi connectivity index (χ4n) is 7.34. The van der Waals surface area contributed by atoms with Crippen LogP contribution in [0.15, 0.2) is 42.5 Å². The molecule has 4 aliphatic carbocycles. The average Bonchev–Trinajstić information content (AvgIpc) is 3.20. The summed E-state index contributed by atoms with van der Waals surface area (Å²) in [5, 5.41) is 12.5. The molecule has 0 spiro atoms. The molecule has 4 aliphatic rings. The number of hydrogen-bond donors (Lipinski definition) is 1. The lowest BCUT2D eigenvalue weighted by molar-refractivity contribution is -0.124. The van der Waals surface area contributed by atoms with Gasteiger partial charge in [-0.05, 0) is 110 Å². The molecule has 4 fully saturated rings. The summed E-state index contributed by atoms with van der Waals surface area (Å²) in [5.74, 6) is 2.77. The molecule has 5 heteroatoms. The Bertz CT molecular complexity index is 1130. The number of nitrogens with zero attached hydrogens (tertiary/aromatic N) is 3. The Morgan fingerprint density at radius 1 is 0.970 bits per heavy atom. The van der Waals surface area contributed by atoms with E-state index in [9.17, 15) is 4.79 Å². The lowest BCUT2D eigenvalue weighted by Crippen LogP contribution is -2.47. The van der Waals surface area contributed by atoms with E-state index in [1.54, 1.807) is 4.80 Å². The van der Waals surface area contributed by atoms with Gasteiger partial charge in [0.1, 0.15) is 11.0 Å². The SMILES string of the molecule is CCCCc1ccc(-n2nc3ccc(NC(=O)CC45CC6CC(CC(C6)C4)C5)cc3n2)cc1. The summed E-state index contributed by atoms with van der Waals surface area (Å²) >= 11 is 0. The topological polar surface area (TPSA) is 59.8 Å². The van der Waals surface area contributed by atoms with E-state index in [-0.39, 0.29) is 11.3 Å². The minimum absolute atomic E-state index is 0.159. The fourth-order valence-corrected chi connectivity index (χ4v) is 7.34. The van der Waals surface area contributed by atoms with Gasteiger partial charge >= 0.3 is 0 Å². The van der Waals surface area contributed by atoms with E-state index in [2.05, 4.69) is 46.7 Å². The zero-order valence-electron chi connectivity index (χ0n) is 19.6. The first-order valence-electron chi connectivity index (χ1n) is 12.8. The van der Waals surface area contributed by atoms with Crippen LogP contribution in [0.5, 0.6) is 0 Å². The van der Waals surface area contributed by atoms with Crippen LogP contribution in [0.2, 0.25) is 0 Å². The van der Waals surface area contributed by atoms with Gasteiger partial charge < -0.3 is 5.32 Å². The fraction of sp³-hybridized carbons (Fsp3) is 0.536. The van der Waals surface area contributed by atoms with E-state index in [0.29, 0.717) is 6.42 Å². The van der Waals surface area contributed by atoms with E-state index in [4.69, 9.17) is 0 Å². The number of benzene rings is 2. The molecule has 0 aliphatic heterocycles. The van der Waals surface area contributed by atoms with Crippen molar-refractivity contribution in [1.82, 2.24) is 15.0 Å². The average molecular weight is 443 g/mol. The number of anilines is 1. The summed E-state index contributed by atoms with van der Waals surface area (Å²) in [5.41, 5.74) is 5.02. The highest BCUT2D eigenvalue weighted by molar-refractivity contribution is 5.93. The van der Waals surface area contributed by atoms with E-state index in [1.165, 1.54) is 56.9 Å². The minimum atomic E-state index is 0.159. The summed E-state index contributed by atoms with van der Waals surface area (Å²) in [6, 6.07) is 14.3. The monoisotopic (exact) mass is 442 g/mol. The number of amides is 1. The lowest BCUT2D eigenvalue weighted by atomic mass is 9.49. The molecule has 33 heavy (non-hydrogen) atoms. The van der Waals surface area contributed by atoms with Crippen molar-refractivity contribution in [3.63, 3.8) is 0 Å². The van der Waals surface area contributed by atoms with E-state index < -0.39 is 0 Å². The lowest BCUT2D eigenvalue weighted by Gasteiger charge is -2.56. The number of fused-ring (bicyclic) bond motifs is 1. The second-order valence-electron chi connectivity index (χ2n) is 11.1. The Balaban J connectivity index is 1.14. The maximum atomic E-state index is 13.0. The van der Waals surface area contributed by atoms with Crippen molar-refractivity contribution in [2.45, 2.75) is 71.1 Å². The summed E-state index contributed by atoms with van der Waals surface area (Å²) in [7, 11) is 0. The molecule has 7 rings (SSSR count). The molecule has 0 radical (unpaired) electrons. The number of carbonyl (C=O) groups is 1. The Morgan fingerprint density at radius 3 is 2.30 bits per heavy atom. The van der Waals surface area contributed by atoms with Crippen LogP contribution in [-0.4, -0.2) is 20.9 Å². The molecule has 1 N–H and O–H groups in total. The first-order chi connectivity index (χ1) is 16.1. The molecule has 2 aromatic carbocycles. The van der Waals surface area contributed by atoms with Crippen LogP contribution >= 0.6 is 0 Å². The van der Waals surface area contributed by atoms with Gasteiger partial charge in [0.2, 0.25) is 5.91 Å². The predicted octanol–water partition coefficient (Wildman–Crippen LogP) is 6.31. The number of carbonyl (C=O) groups excluding carboxylic acids is 1. The van der Waals surface area contributed by atoms with Crippen molar-refractivity contribution in [3.05, 3.63) is 48.0 Å². The zero-order valence-corrected chi connectivity index (χ0v) is 19.6. The number of hydrogen-bond acceptors (Lipinski definition) is 3. The molecule has 4 saturated carbocycles. The molecule has 0 saturated heterocycles. The summed E-state index contributed by atoms with van der Waals surface area (Å²) in [6.07, 6.45) is 12.2. The maximum absolute atomic E-state index is 13.0. The maximum Gasteiger partial charge on any atom is 0.224 e. The van der Waals surface area contributed by atoms with Gasteiger partial charge in [-0.15, -0.1) is 10.2 Å². The smallest absolute Gasteiger partial charge is 0.224 e. The Labute approximate surface area is 195 Å². The summed E-state index contributed by atoms with van der Waals surface area (Å²) < 4.78 is 0. The molecule has 1 aromatic heterocycles. The van der Waals surface area contributed by atoms with Crippen molar-refractivity contribution < 1.29 is 4.79 Å². The van der Waals surface area contributed by atoms with Gasteiger partial charge in [0.15, 0.2) is 0 Å². The third-order valence-corrected chi connectivity index (χ3v) is 8.35. The van der Waals surface area contributed by atoms with Crippen LogP contribution < -0.4 is 5.32 Å². The minimum Gasteiger partial charge on any atom is -0.326 e. The second-order valence-corrected chi connectivity index (χ2v) is 11.1. The molecule has 5 nitrogen and oxygen atoms in total. The van der Waals surface area contributed by atoms with Crippen LogP contribution in [0, 0.1) is 23.2 Å². The largest absolute Gasteiger partial charge is 0.326 e. The van der Waals surface area contributed by atoms with Gasteiger partial charge in [0, 0.05) is 12.1 Å². The Hall–Kier alpha value is -2.69. The van der Waals surface area contributed by atoms with Crippen molar-refractivity contribution in [3.8, 4) is 5.69 Å². The van der Waals surface area contributed by atoms with Gasteiger partial charge in [-0.3, -0.25) is 4.79 Å². The third kappa shape index (κ3) is 4.18. The number of nitrogens with one attached hydrogen (secondary N) is 1. The zero-order chi connectivity index (χ0) is 22.4. The van der Waals surface area contributed by atoms with Crippen LogP contribution in [0.25, 0.3) is 16.7 Å². The third-order valence-electron chi connectivity index (χ3n) is 8.35. The molecule has 0 unspecified atom stereocenters. The number of rotatable bonds is 7. The molecule has 4 bridgehead atoms. The van der Waals surface area contributed by atoms with Crippen LogP contribution in [0.4, 0.5) is 5.69 Å². The van der Waals surface area contributed by atoms with E-state index in [0.717, 1.165) is 46.6 Å². The van der Waals surface area contributed by atoms with Crippen LogP contribution in [0.1, 0.15) is 70.3 Å². The van der Waals surface area contributed by atoms with Crippen molar-refractivity contribution in [1.29, 1.82) is 0 Å². The van der Waals surface area contributed by atoms with Crippen LogP contribution in [0.3, 0.4) is 0 Å². The number of unbranched alkanes of at least 4 members (excludes halogenated alkanes) is 1. The number of aryl methyl sites for hydroxylation is 1. The van der Waals surface area contributed by atoms with Gasteiger partial charge in [-0.2, -0.15) is 4.80 Å². The molecule has 172 valence electrons. The van der Waals surface area contributed by atoms with Gasteiger partial charge in [-0.25, -0.2) is 0 Å². The van der Waals surface area contributed by atoms with E-state index >= 15 is 0 Å². The Morgan fingerprint density at radius 2 is 1.64 bits per heavy atom. The van der Waals surface area contributed by atoms with Gasteiger partial charge in [0.25, 0.3) is 0 Å². The highest BCUT2D eigenvalue weighted by Crippen LogP contribution is 2.61. The molecule has 1 heterocycles. The normalized spacial score (nSPS) is 27.8. The number of aromatic nitrogens is 3. The second kappa shape index (κ2) is 8.27. The first kappa shape index (κ1) is 20.9. The van der Waals surface area contributed by atoms with Gasteiger partial charge in [0.05, 0.1) is 5.69 Å². The molecule has 0 atom stereocenters. The first-order valence-corrected chi connectivity index (χ1v) is 12.8. The predicted molar refractivity (Wildman–Crippen MR) is 131 cm³/mol. The highest BCUT2D eigenvalue weighted by atomic mass is 16.1. The van der Waals surface area contributed by atoms with Crippen LogP contribution in [-0.2, 0) is 11.2 Å². The molecule has 1 amide bonds. The van der Waals surface area contributed by atoms with E-state index in [1.807, 2.05) is 18.2 Å². The highest BCUT2D eigenvalue weighted by Gasteiger charge is 2.51. The molecule has 3 aromatic rings. The summed E-state index contributed by atoms with van der Waals surface area (Å²) in [6.45, 7) is 2.22. The Kier molecular flexibility index (Phi) is 5.23. The molecular formula is C28H34N4O. The summed E-state index contributed by atoms with van der Waals surface area (Å²) in [4.78, 5) is 14.7. The van der Waals surface area contributed by atoms with Crippen molar-refractivity contribution in [2.75, 3.05) is 5.32 Å². The van der Waals surface area contributed by atoms with Gasteiger partial charge in [-0.1, -0.05) is 25.5 Å². The van der Waals surface area contributed by atoms with Crippen molar-refractivity contribution in [2.24, 2.45) is 23.2 Å².